The van der Waals surface area contributed by atoms with Gasteiger partial charge in [-0.05, 0) is 50.2 Å². The molecule has 1 N–H and O–H groups in total. The molecule has 0 spiro atoms. The summed E-state index contributed by atoms with van der Waals surface area (Å²) in [4.78, 5) is 7.38. The van der Waals surface area contributed by atoms with E-state index in [-0.39, 0.29) is 21.3 Å². The van der Waals surface area contributed by atoms with E-state index < -0.39 is 17.6 Å². The Morgan fingerprint density at radius 3 is 2.53 bits per heavy atom. The number of hydrogen-bond donors (Lipinski definition) is 1. The van der Waals surface area contributed by atoms with Crippen LogP contribution in [-0.4, -0.2) is 37.1 Å². The van der Waals surface area contributed by atoms with E-state index in [4.69, 9.17) is 11.6 Å². The smallest absolute Gasteiger partial charge is 0.214 e. The highest BCUT2D eigenvalue weighted by molar-refractivity contribution is 8.00. The van der Waals surface area contributed by atoms with Gasteiger partial charge < -0.3 is 9.62 Å². The summed E-state index contributed by atoms with van der Waals surface area (Å²) in [5, 5.41) is -0.148. The number of halogens is 4. The van der Waals surface area contributed by atoms with Crippen LogP contribution in [0.15, 0.2) is 59.5 Å². The van der Waals surface area contributed by atoms with Gasteiger partial charge in [-0.15, -0.1) is 0 Å². The molecule has 1 unspecified atom stereocenters. The van der Waals surface area contributed by atoms with Crippen molar-refractivity contribution < 1.29 is 13.2 Å². The first-order valence-corrected chi connectivity index (χ1v) is 11.2. The summed E-state index contributed by atoms with van der Waals surface area (Å²) < 4.78 is 45.9. The summed E-state index contributed by atoms with van der Waals surface area (Å²) in [5.41, 5.74) is 1.16. The molecule has 1 atom stereocenters. The molecule has 3 aromatic rings. The fraction of sp³-hybridized carbons (Fsp3) is 0.261. The summed E-state index contributed by atoms with van der Waals surface area (Å²) in [7, 11) is 4.01. The Balaban J connectivity index is 1.60. The lowest BCUT2D eigenvalue weighted by molar-refractivity contribution is 0.176. The number of nitrogens with one attached hydrogen (secondary N) is 1. The maximum absolute atomic E-state index is 15.1. The molecule has 0 aliphatic carbocycles. The molecule has 0 bridgehead atoms. The van der Waals surface area contributed by atoms with Crippen LogP contribution in [0.1, 0.15) is 12.0 Å². The van der Waals surface area contributed by atoms with Gasteiger partial charge in [0.1, 0.15) is 21.6 Å². The molecule has 0 radical (unpaired) electrons. The van der Waals surface area contributed by atoms with Crippen LogP contribution in [0.5, 0.6) is 0 Å². The minimum absolute atomic E-state index is 0.146. The van der Waals surface area contributed by atoms with E-state index in [2.05, 4.69) is 26.7 Å². The van der Waals surface area contributed by atoms with Crippen molar-refractivity contribution in [2.24, 2.45) is 0 Å². The van der Waals surface area contributed by atoms with Crippen LogP contribution in [-0.2, 0) is 5.54 Å². The Bertz CT molecular complexity index is 1120. The Morgan fingerprint density at radius 1 is 1.09 bits per heavy atom. The molecule has 4 rings (SSSR count). The van der Waals surface area contributed by atoms with E-state index in [0.717, 1.165) is 12.0 Å². The molecule has 168 valence electrons. The SMILES string of the molecule is CN(C)C1(c2ccccc2)CCN(c2cc(F)c(SNc3cccc(F)n3)c(F)c2Cl)C1. The van der Waals surface area contributed by atoms with Crippen LogP contribution in [0, 0.1) is 17.6 Å². The van der Waals surface area contributed by atoms with Crippen LogP contribution in [0.2, 0.25) is 5.02 Å². The molecule has 2 heterocycles. The van der Waals surface area contributed by atoms with Crippen molar-refractivity contribution in [2.75, 3.05) is 36.8 Å². The maximum Gasteiger partial charge on any atom is 0.214 e. The summed E-state index contributed by atoms with van der Waals surface area (Å²) in [5.74, 6) is -2.16. The van der Waals surface area contributed by atoms with Gasteiger partial charge in [0.2, 0.25) is 5.95 Å². The molecule has 0 amide bonds. The molecule has 9 heteroatoms. The minimum atomic E-state index is -0.863. The van der Waals surface area contributed by atoms with E-state index in [9.17, 15) is 8.78 Å². The van der Waals surface area contributed by atoms with Crippen molar-refractivity contribution in [2.45, 2.75) is 16.9 Å². The Kier molecular flexibility index (Phi) is 6.55. The third-order valence-corrected chi connectivity index (χ3v) is 7.07. The van der Waals surface area contributed by atoms with Gasteiger partial charge in [0, 0.05) is 19.2 Å². The number of rotatable bonds is 6. The molecule has 1 fully saturated rings. The molecular formula is C23H22ClF3N4S. The van der Waals surface area contributed by atoms with Crippen LogP contribution < -0.4 is 9.62 Å². The van der Waals surface area contributed by atoms with Crippen LogP contribution in [0.3, 0.4) is 0 Å². The highest BCUT2D eigenvalue weighted by Crippen LogP contribution is 2.43. The lowest BCUT2D eigenvalue weighted by Gasteiger charge is -2.37. The Hall–Kier alpha value is -2.42. The van der Waals surface area contributed by atoms with Gasteiger partial charge >= 0.3 is 0 Å². The first kappa shape index (κ1) is 22.8. The maximum atomic E-state index is 15.1. The molecule has 1 aliphatic rings. The number of pyridine rings is 1. The second-order valence-corrected chi connectivity index (χ2v) is 9.04. The summed E-state index contributed by atoms with van der Waals surface area (Å²) in [6.45, 7) is 1.14. The van der Waals surface area contributed by atoms with E-state index in [1.807, 2.05) is 37.2 Å². The first-order valence-electron chi connectivity index (χ1n) is 10.0. The van der Waals surface area contributed by atoms with Gasteiger partial charge in [0.25, 0.3) is 0 Å². The molecule has 0 saturated carbocycles. The van der Waals surface area contributed by atoms with Gasteiger partial charge in [-0.1, -0.05) is 48.0 Å². The first-order chi connectivity index (χ1) is 15.3. The topological polar surface area (TPSA) is 31.4 Å². The van der Waals surface area contributed by atoms with Crippen molar-refractivity contribution >= 4 is 35.1 Å². The van der Waals surface area contributed by atoms with Crippen LogP contribution in [0.25, 0.3) is 0 Å². The Labute approximate surface area is 194 Å². The van der Waals surface area contributed by atoms with E-state index in [0.29, 0.717) is 30.7 Å². The summed E-state index contributed by atoms with van der Waals surface area (Å²) in [6, 6.07) is 15.5. The zero-order chi connectivity index (χ0) is 22.9. The van der Waals surface area contributed by atoms with Crippen molar-refractivity contribution in [1.82, 2.24) is 9.88 Å². The lowest BCUT2D eigenvalue weighted by Crippen LogP contribution is -2.44. The molecule has 32 heavy (non-hydrogen) atoms. The van der Waals surface area contributed by atoms with Gasteiger partial charge in [-0.3, -0.25) is 4.90 Å². The van der Waals surface area contributed by atoms with E-state index >= 15 is 4.39 Å². The predicted molar refractivity (Wildman–Crippen MR) is 124 cm³/mol. The number of aromatic nitrogens is 1. The number of nitrogens with zero attached hydrogens (tertiary/aromatic N) is 3. The standard InChI is InChI=1S/C23H22ClF3N4S/c1-30(2)23(15-7-4-3-5-8-15)11-12-31(14-23)17-13-16(25)22(21(27)20(17)24)32-29-19-10-6-9-18(26)28-19/h3-10,13H,11-12,14H2,1-2H3,(H,28,29). The summed E-state index contributed by atoms with van der Waals surface area (Å²) >= 11 is 7.02. The molecule has 1 aliphatic heterocycles. The van der Waals surface area contributed by atoms with E-state index in [1.54, 1.807) is 0 Å². The normalized spacial score (nSPS) is 18.4. The zero-order valence-corrected chi connectivity index (χ0v) is 19.2. The second-order valence-electron chi connectivity index (χ2n) is 7.85. The average Bonchev–Trinajstić information content (AvgIpc) is 3.23. The third-order valence-electron chi connectivity index (χ3n) is 5.83. The van der Waals surface area contributed by atoms with Gasteiger partial charge in [0.15, 0.2) is 5.82 Å². The van der Waals surface area contributed by atoms with E-state index in [1.165, 1.54) is 24.3 Å². The molecule has 4 nitrogen and oxygen atoms in total. The van der Waals surface area contributed by atoms with Crippen molar-refractivity contribution in [3.63, 3.8) is 0 Å². The summed E-state index contributed by atoms with van der Waals surface area (Å²) in [6.07, 6.45) is 0.785. The molecule has 2 aromatic carbocycles. The van der Waals surface area contributed by atoms with Gasteiger partial charge in [-0.2, -0.15) is 4.39 Å². The number of benzene rings is 2. The lowest BCUT2D eigenvalue weighted by atomic mass is 9.88. The highest BCUT2D eigenvalue weighted by Gasteiger charge is 2.42. The number of likely N-dealkylation sites (N-methyl/N-ethyl adjacent to an activating group) is 1. The molecular weight excluding hydrogens is 457 g/mol. The Morgan fingerprint density at radius 2 is 1.84 bits per heavy atom. The minimum Gasteiger partial charge on any atom is -0.368 e. The fourth-order valence-corrected chi connectivity index (χ4v) is 5.06. The largest absolute Gasteiger partial charge is 0.368 e. The van der Waals surface area contributed by atoms with Gasteiger partial charge in [0.05, 0.1) is 11.2 Å². The van der Waals surface area contributed by atoms with Crippen LogP contribution >= 0.6 is 23.5 Å². The number of hydrogen-bond acceptors (Lipinski definition) is 5. The monoisotopic (exact) mass is 478 g/mol. The van der Waals surface area contributed by atoms with Crippen molar-refractivity contribution in [3.05, 3.63) is 82.8 Å². The quantitative estimate of drug-likeness (QED) is 0.269. The number of anilines is 2. The third kappa shape index (κ3) is 4.27. The molecule has 1 saturated heterocycles. The molecule has 1 aromatic heterocycles. The fourth-order valence-electron chi connectivity index (χ4n) is 4.06. The highest BCUT2D eigenvalue weighted by atomic mass is 35.5. The van der Waals surface area contributed by atoms with Gasteiger partial charge in [-0.25, -0.2) is 13.8 Å². The average molecular weight is 479 g/mol. The van der Waals surface area contributed by atoms with Crippen molar-refractivity contribution in [3.8, 4) is 0 Å². The zero-order valence-electron chi connectivity index (χ0n) is 17.6. The van der Waals surface area contributed by atoms with Crippen LogP contribution in [0.4, 0.5) is 24.7 Å². The second kappa shape index (κ2) is 9.21. The van der Waals surface area contributed by atoms with Crippen molar-refractivity contribution in [1.29, 1.82) is 0 Å². The predicted octanol–water partition coefficient (Wildman–Crippen LogP) is 5.94.